The van der Waals surface area contributed by atoms with Gasteiger partial charge in [0.2, 0.25) is 0 Å². The van der Waals surface area contributed by atoms with Crippen molar-refractivity contribution in [1.82, 2.24) is 0 Å². The van der Waals surface area contributed by atoms with Crippen LogP contribution in [0.4, 0.5) is 13.2 Å². The van der Waals surface area contributed by atoms with Crippen LogP contribution in [0.25, 0.3) is 0 Å². The minimum absolute atomic E-state index is 0.0598. The van der Waals surface area contributed by atoms with Gasteiger partial charge in [0, 0.05) is 4.47 Å². The molecule has 0 fully saturated rings. The second kappa shape index (κ2) is 6.38. The van der Waals surface area contributed by atoms with Gasteiger partial charge in [-0.2, -0.15) is 13.2 Å². The molecule has 2 N–H and O–H groups in total. The van der Waals surface area contributed by atoms with Gasteiger partial charge in [-0.05, 0) is 30.5 Å². The summed E-state index contributed by atoms with van der Waals surface area (Å²) in [5.41, 5.74) is 0.602. The molecule has 0 saturated carbocycles. The molecule has 0 spiro atoms. The van der Waals surface area contributed by atoms with Crippen LogP contribution in [-0.4, -0.2) is 28.5 Å². The van der Waals surface area contributed by atoms with E-state index in [1.165, 1.54) is 0 Å². The molecule has 1 aromatic rings. The van der Waals surface area contributed by atoms with Crippen molar-refractivity contribution >= 4 is 21.9 Å². The Morgan fingerprint density at radius 1 is 1.26 bits per heavy atom. The third-order valence-corrected chi connectivity index (χ3v) is 3.16. The number of rotatable bonds is 5. The Morgan fingerprint density at radius 3 is 2.21 bits per heavy atom. The number of aliphatic carboxylic acids is 1. The van der Waals surface area contributed by atoms with Gasteiger partial charge in [-0.15, -0.1) is 0 Å². The first-order chi connectivity index (χ1) is 8.70. The van der Waals surface area contributed by atoms with E-state index in [2.05, 4.69) is 15.9 Å². The largest absolute Gasteiger partial charge is 0.481 e. The van der Waals surface area contributed by atoms with Crippen molar-refractivity contribution in [2.24, 2.45) is 5.92 Å². The van der Waals surface area contributed by atoms with E-state index in [0.29, 0.717) is 5.56 Å². The van der Waals surface area contributed by atoms with Crippen LogP contribution in [0.1, 0.15) is 12.0 Å². The SMILES string of the molecule is O=C(O)C(Cc1ccc(Br)cc1)CC(O)C(F)(F)F. The molecule has 0 radical (unpaired) electrons. The summed E-state index contributed by atoms with van der Waals surface area (Å²) in [6, 6.07) is 6.60. The second-order valence-corrected chi connectivity index (χ2v) is 5.07. The van der Waals surface area contributed by atoms with Crippen LogP contribution < -0.4 is 0 Å². The molecule has 2 atom stereocenters. The van der Waals surface area contributed by atoms with E-state index in [9.17, 15) is 18.0 Å². The highest BCUT2D eigenvalue weighted by molar-refractivity contribution is 9.10. The van der Waals surface area contributed by atoms with E-state index in [4.69, 9.17) is 10.2 Å². The lowest BCUT2D eigenvalue weighted by Crippen LogP contribution is -2.33. The van der Waals surface area contributed by atoms with Crippen LogP contribution in [0.2, 0.25) is 0 Å². The minimum atomic E-state index is -4.80. The number of carbonyl (C=O) groups is 1. The molecule has 0 bridgehead atoms. The number of halogens is 4. The Morgan fingerprint density at radius 2 is 1.79 bits per heavy atom. The topological polar surface area (TPSA) is 57.5 Å². The molecule has 0 aromatic heterocycles. The monoisotopic (exact) mass is 340 g/mol. The summed E-state index contributed by atoms with van der Waals surface area (Å²) >= 11 is 3.20. The van der Waals surface area contributed by atoms with Crippen LogP contribution in [0.5, 0.6) is 0 Å². The predicted molar refractivity (Wildman–Crippen MR) is 65.7 cm³/mol. The van der Waals surface area contributed by atoms with Gasteiger partial charge in [-0.1, -0.05) is 28.1 Å². The first-order valence-electron chi connectivity index (χ1n) is 5.42. The van der Waals surface area contributed by atoms with Crippen LogP contribution in [-0.2, 0) is 11.2 Å². The normalized spacial score (nSPS) is 15.0. The maximum absolute atomic E-state index is 12.2. The molecule has 0 aliphatic heterocycles. The molecule has 0 saturated heterocycles. The molecule has 0 heterocycles. The number of hydrogen-bond acceptors (Lipinski definition) is 2. The first kappa shape index (κ1) is 16.0. The lowest BCUT2D eigenvalue weighted by molar-refractivity contribution is -0.209. The maximum Gasteiger partial charge on any atom is 0.414 e. The van der Waals surface area contributed by atoms with Gasteiger partial charge in [0.05, 0.1) is 5.92 Å². The summed E-state index contributed by atoms with van der Waals surface area (Å²) in [4.78, 5) is 10.9. The van der Waals surface area contributed by atoms with Crippen molar-refractivity contribution in [3.63, 3.8) is 0 Å². The highest BCUT2D eigenvalue weighted by Crippen LogP contribution is 2.26. The lowest BCUT2D eigenvalue weighted by atomic mass is 9.93. The van der Waals surface area contributed by atoms with Crippen LogP contribution in [0.15, 0.2) is 28.7 Å². The van der Waals surface area contributed by atoms with Crippen LogP contribution in [0.3, 0.4) is 0 Å². The van der Waals surface area contributed by atoms with Gasteiger partial charge in [0.25, 0.3) is 0 Å². The standard InChI is InChI=1S/C12H12BrF3O3/c13-9-3-1-7(2-4-9)5-8(11(18)19)6-10(17)12(14,15)16/h1-4,8,10,17H,5-6H2,(H,18,19). The Kier molecular flexibility index (Phi) is 5.37. The predicted octanol–water partition coefficient (Wildman–Crippen LogP) is 3.01. The third-order valence-electron chi connectivity index (χ3n) is 2.63. The van der Waals surface area contributed by atoms with Crippen molar-refractivity contribution < 1.29 is 28.2 Å². The molecule has 3 nitrogen and oxygen atoms in total. The van der Waals surface area contributed by atoms with Gasteiger partial charge in [-0.3, -0.25) is 4.79 Å². The van der Waals surface area contributed by atoms with E-state index in [0.717, 1.165) is 4.47 Å². The highest BCUT2D eigenvalue weighted by atomic mass is 79.9. The van der Waals surface area contributed by atoms with Crippen molar-refractivity contribution in [3.05, 3.63) is 34.3 Å². The zero-order valence-corrected chi connectivity index (χ0v) is 11.3. The number of aliphatic hydroxyl groups is 1. The number of benzene rings is 1. The van der Waals surface area contributed by atoms with Gasteiger partial charge < -0.3 is 10.2 Å². The summed E-state index contributed by atoms with van der Waals surface area (Å²) in [6.07, 6.45) is -8.33. The molecule has 0 amide bonds. The van der Waals surface area contributed by atoms with E-state index >= 15 is 0 Å². The fraction of sp³-hybridized carbons (Fsp3) is 0.417. The summed E-state index contributed by atoms with van der Waals surface area (Å²) < 4.78 is 37.4. The molecule has 0 aliphatic carbocycles. The minimum Gasteiger partial charge on any atom is -0.481 e. The molecule has 0 aliphatic rings. The first-order valence-corrected chi connectivity index (χ1v) is 6.21. The van der Waals surface area contributed by atoms with Gasteiger partial charge in [0.1, 0.15) is 0 Å². The molecule has 1 rings (SSSR count). The van der Waals surface area contributed by atoms with Crippen molar-refractivity contribution in [2.75, 3.05) is 0 Å². The molecular weight excluding hydrogens is 329 g/mol. The average Bonchev–Trinajstić information content (AvgIpc) is 2.29. The number of hydrogen-bond donors (Lipinski definition) is 2. The number of carboxylic acids is 1. The van der Waals surface area contributed by atoms with Crippen molar-refractivity contribution in [1.29, 1.82) is 0 Å². The molecule has 2 unspecified atom stereocenters. The van der Waals surface area contributed by atoms with Crippen LogP contribution in [0, 0.1) is 5.92 Å². The van der Waals surface area contributed by atoms with Crippen LogP contribution >= 0.6 is 15.9 Å². The van der Waals surface area contributed by atoms with Crippen molar-refractivity contribution in [3.8, 4) is 0 Å². The molecule has 1 aromatic carbocycles. The Balaban J connectivity index is 2.74. The van der Waals surface area contributed by atoms with E-state index in [-0.39, 0.29) is 6.42 Å². The fourth-order valence-corrected chi connectivity index (χ4v) is 1.84. The smallest absolute Gasteiger partial charge is 0.414 e. The Bertz CT molecular complexity index is 431. The quantitative estimate of drug-likeness (QED) is 0.866. The number of alkyl halides is 3. The van der Waals surface area contributed by atoms with E-state index < -0.39 is 30.6 Å². The fourth-order valence-electron chi connectivity index (χ4n) is 1.58. The summed E-state index contributed by atoms with van der Waals surface area (Å²) in [7, 11) is 0. The molecule has 19 heavy (non-hydrogen) atoms. The number of carboxylic acid groups (broad SMARTS) is 1. The Labute approximate surface area is 116 Å². The number of aliphatic hydroxyl groups excluding tert-OH is 1. The van der Waals surface area contributed by atoms with Gasteiger partial charge in [-0.25, -0.2) is 0 Å². The summed E-state index contributed by atoms with van der Waals surface area (Å²) in [5.74, 6) is -2.64. The summed E-state index contributed by atoms with van der Waals surface area (Å²) in [6.45, 7) is 0. The summed E-state index contributed by atoms with van der Waals surface area (Å²) in [5, 5.41) is 17.8. The molecule has 106 valence electrons. The third kappa shape index (κ3) is 5.20. The van der Waals surface area contributed by atoms with E-state index in [1.807, 2.05) is 0 Å². The molecule has 7 heteroatoms. The van der Waals surface area contributed by atoms with Gasteiger partial charge in [0.15, 0.2) is 6.10 Å². The van der Waals surface area contributed by atoms with E-state index in [1.54, 1.807) is 24.3 Å². The lowest BCUT2D eigenvalue weighted by Gasteiger charge is -2.19. The molecular formula is C12H12BrF3O3. The van der Waals surface area contributed by atoms with Gasteiger partial charge >= 0.3 is 12.1 Å². The zero-order valence-electron chi connectivity index (χ0n) is 9.69. The zero-order chi connectivity index (χ0) is 14.6. The van der Waals surface area contributed by atoms with Crippen molar-refractivity contribution in [2.45, 2.75) is 25.1 Å². The average molecular weight is 341 g/mol. The maximum atomic E-state index is 12.2. The highest BCUT2D eigenvalue weighted by Gasteiger charge is 2.40. The second-order valence-electron chi connectivity index (χ2n) is 4.16. The Hall–Kier alpha value is -1.08.